The fourth-order valence-electron chi connectivity index (χ4n) is 2.93. The van der Waals surface area contributed by atoms with E-state index in [1.54, 1.807) is 18.4 Å². The van der Waals surface area contributed by atoms with Crippen LogP contribution in [0.1, 0.15) is 22.3 Å². The van der Waals surface area contributed by atoms with Gasteiger partial charge in [0, 0.05) is 10.9 Å². The average molecular weight is 381 g/mol. The molecule has 1 amide bonds. The van der Waals surface area contributed by atoms with Crippen LogP contribution in [0.2, 0.25) is 0 Å². The summed E-state index contributed by atoms with van der Waals surface area (Å²) < 4.78 is 15.9. The van der Waals surface area contributed by atoms with Crippen molar-refractivity contribution in [3.8, 4) is 5.75 Å². The summed E-state index contributed by atoms with van der Waals surface area (Å²) in [4.78, 5) is 24.3. The number of carbonyl (C=O) groups is 2. The van der Waals surface area contributed by atoms with Gasteiger partial charge in [-0.05, 0) is 61.7 Å². The summed E-state index contributed by atoms with van der Waals surface area (Å²) in [7, 11) is 1.53. The summed E-state index contributed by atoms with van der Waals surface area (Å²) in [6, 6.07) is 9.38. The van der Waals surface area contributed by atoms with Crippen LogP contribution in [0.15, 0.2) is 41.0 Å². The number of ether oxygens (including phenoxy) is 2. The van der Waals surface area contributed by atoms with Crippen LogP contribution >= 0.6 is 0 Å². The molecule has 6 heteroatoms. The monoisotopic (exact) mass is 381 g/mol. The highest BCUT2D eigenvalue weighted by Crippen LogP contribution is 2.26. The molecule has 6 nitrogen and oxygen atoms in total. The molecule has 146 valence electrons. The van der Waals surface area contributed by atoms with Gasteiger partial charge in [0.15, 0.2) is 6.61 Å². The molecule has 0 aliphatic carbocycles. The number of aryl methyl sites for hydroxylation is 3. The summed E-state index contributed by atoms with van der Waals surface area (Å²) in [6.45, 7) is 5.55. The van der Waals surface area contributed by atoms with Gasteiger partial charge in [0.1, 0.15) is 11.3 Å². The van der Waals surface area contributed by atoms with Gasteiger partial charge < -0.3 is 19.2 Å². The third-order valence-electron chi connectivity index (χ3n) is 4.60. The molecule has 0 spiro atoms. The predicted octanol–water partition coefficient (Wildman–Crippen LogP) is 4.09. The molecule has 2 aromatic carbocycles. The van der Waals surface area contributed by atoms with Gasteiger partial charge in [0.2, 0.25) is 0 Å². The highest BCUT2D eigenvalue weighted by molar-refractivity contribution is 5.94. The van der Waals surface area contributed by atoms with Gasteiger partial charge in [-0.25, -0.2) is 0 Å². The number of nitrogens with one attached hydrogen (secondary N) is 1. The van der Waals surface area contributed by atoms with E-state index in [9.17, 15) is 9.59 Å². The number of fused-ring (bicyclic) bond motifs is 1. The maximum atomic E-state index is 12.2. The van der Waals surface area contributed by atoms with Crippen molar-refractivity contribution in [3.05, 3.63) is 58.8 Å². The van der Waals surface area contributed by atoms with Gasteiger partial charge in [-0.1, -0.05) is 6.07 Å². The zero-order chi connectivity index (χ0) is 20.3. The van der Waals surface area contributed by atoms with Crippen molar-refractivity contribution < 1.29 is 23.5 Å². The van der Waals surface area contributed by atoms with Gasteiger partial charge in [-0.15, -0.1) is 0 Å². The van der Waals surface area contributed by atoms with E-state index in [2.05, 4.69) is 5.32 Å². The normalized spacial score (nSPS) is 10.7. The maximum Gasteiger partial charge on any atom is 0.310 e. The molecule has 0 unspecified atom stereocenters. The first-order valence-electron chi connectivity index (χ1n) is 8.95. The van der Waals surface area contributed by atoms with Gasteiger partial charge in [-0.3, -0.25) is 9.59 Å². The number of hydrogen-bond donors (Lipinski definition) is 1. The van der Waals surface area contributed by atoms with Crippen molar-refractivity contribution in [1.82, 2.24) is 0 Å². The predicted molar refractivity (Wildman–Crippen MR) is 107 cm³/mol. The molecule has 0 atom stereocenters. The lowest BCUT2D eigenvalue weighted by Gasteiger charge is -2.11. The molecule has 3 rings (SSSR count). The van der Waals surface area contributed by atoms with E-state index in [-0.39, 0.29) is 13.0 Å². The van der Waals surface area contributed by atoms with Crippen LogP contribution in [0.3, 0.4) is 0 Å². The fourth-order valence-corrected chi connectivity index (χ4v) is 2.93. The Hall–Kier alpha value is -3.28. The Bertz CT molecular complexity index is 1030. The lowest BCUT2D eigenvalue weighted by molar-refractivity contribution is -0.146. The third kappa shape index (κ3) is 4.34. The second-order valence-electron chi connectivity index (χ2n) is 6.78. The summed E-state index contributed by atoms with van der Waals surface area (Å²) in [6.07, 6.45) is 1.60. The fraction of sp³-hybridized carbons (Fsp3) is 0.273. The number of benzene rings is 2. The number of anilines is 1. The number of hydrogen-bond acceptors (Lipinski definition) is 5. The van der Waals surface area contributed by atoms with Crippen LogP contribution in [0.25, 0.3) is 11.0 Å². The van der Waals surface area contributed by atoms with Crippen molar-refractivity contribution in [2.45, 2.75) is 27.2 Å². The van der Waals surface area contributed by atoms with Crippen molar-refractivity contribution in [2.75, 3.05) is 19.0 Å². The van der Waals surface area contributed by atoms with Crippen molar-refractivity contribution in [1.29, 1.82) is 0 Å². The summed E-state index contributed by atoms with van der Waals surface area (Å²) in [5.74, 6) is -0.381. The molecule has 0 aliphatic heterocycles. The topological polar surface area (TPSA) is 77.8 Å². The number of esters is 1. The Morgan fingerprint density at radius 2 is 1.82 bits per heavy atom. The SMILES string of the molecule is COc1ccc(C)cc1NC(=O)COC(=O)Cc1coc2cc(C)c(C)cc12. The largest absolute Gasteiger partial charge is 0.495 e. The third-order valence-corrected chi connectivity index (χ3v) is 4.60. The van der Waals surface area contributed by atoms with Crippen LogP contribution in [0.5, 0.6) is 5.75 Å². The maximum absolute atomic E-state index is 12.2. The molecule has 0 radical (unpaired) electrons. The quantitative estimate of drug-likeness (QED) is 0.651. The summed E-state index contributed by atoms with van der Waals surface area (Å²) in [5.41, 5.74) is 5.23. The first-order chi connectivity index (χ1) is 13.4. The van der Waals surface area contributed by atoms with Crippen LogP contribution in [0, 0.1) is 20.8 Å². The molecule has 3 aromatic rings. The summed E-state index contributed by atoms with van der Waals surface area (Å²) in [5, 5.41) is 3.58. The molecule has 0 aliphatic rings. The lowest BCUT2D eigenvalue weighted by atomic mass is 10.0. The van der Waals surface area contributed by atoms with Crippen molar-refractivity contribution in [3.63, 3.8) is 0 Å². The number of rotatable bonds is 6. The van der Waals surface area contributed by atoms with E-state index in [0.29, 0.717) is 11.4 Å². The van der Waals surface area contributed by atoms with E-state index in [1.165, 1.54) is 7.11 Å². The van der Waals surface area contributed by atoms with E-state index in [1.807, 2.05) is 39.0 Å². The molecule has 0 bridgehead atoms. The molecule has 0 saturated carbocycles. The minimum absolute atomic E-state index is 0.0382. The van der Waals surface area contributed by atoms with Crippen LogP contribution in [-0.4, -0.2) is 25.6 Å². The standard InChI is InChI=1S/C22H23NO5/c1-13-5-6-19(26-4)18(7-13)23-21(24)12-28-22(25)10-16-11-27-20-9-15(3)14(2)8-17(16)20/h5-9,11H,10,12H2,1-4H3,(H,23,24). The zero-order valence-corrected chi connectivity index (χ0v) is 16.4. The molecule has 0 fully saturated rings. The molecular weight excluding hydrogens is 358 g/mol. The highest BCUT2D eigenvalue weighted by Gasteiger charge is 2.15. The van der Waals surface area contributed by atoms with Crippen LogP contribution in [0.4, 0.5) is 5.69 Å². The second kappa shape index (κ2) is 8.17. The van der Waals surface area contributed by atoms with Crippen LogP contribution < -0.4 is 10.1 Å². The van der Waals surface area contributed by atoms with E-state index >= 15 is 0 Å². The number of furan rings is 1. The molecule has 1 N–H and O–H groups in total. The highest BCUT2D eigenvalue weighted by atomic mass is 16.5. The molecular formula is C22H23NO5. The van der Waals surface area contributed by atoms with E-state index in [0.717, 1.165) is 33.2 Å². The second-order valence-corrected chi connectivity index (χ2v) is 6.78. The number of amides is 1. The molecule has 0 saturated heterocycles. The Balaban J connectivity index is 1.60. The minimum atomic E-state index is -0.493. The Morgan fingerprint density at radius 1 is 1.07 bits per heavy atom. The smallest absolute Gasteiger partial charge is 0.310 e. The van der Waals surface area contributed by atoms with Gasteiger partial charge in [-0.2, -0.15) is 0 Å². The summed E-state index contributed by atoms with van der Waals surface area (Å²) >= 11 is 0. The Morgan fingerprint density at radius 3 is 2.57 bits per heavy atom. The molecule has 1 heterocycles. The Kier molecular flexibility index (Phi) is 5.68. The first kappa shape index (κ1) is 19.5. The first-order valence-corrected chi connectivity index (χ1v) is 8.95. The van der Waals surface area contributed by atoms with Crippen LogP contribution in [-0.2, 0) is 20.7 Å². The molecule has 28 heavy (non-hydrogen) atoms. The molecule has 1 aromatic heterocycles. The van der Waals surface area contributed by atoms with E-state index < -0.39 is 11.9 Å². The zero-order valence-electron chi connectivity index (χ0n) is 16.4. The lowest BCUT2D eigenvalue weighted by Crippen LogP contribution is -2.22. The van der Waals surface area contributed by atoms with Crippen molar-refractivity contribution >= 4 is 28.5 Å². The van der Waals surface area contributed by atoms with Gasteiger partial charge in [0.25, 0.3) is 5.91 Å². The van der Waals surface area contributed by atoms with Gasteiger partial charge in [0.05, 0.1) is 25.5 Å². The number of carbonyl (C=O) groups excluding carboxylic acids is 2. The minimum Gasteiger partial charge on any atom is -0.495 e. The number of methoxy groups -OCH3 is 1. The average Bonchev–Trinajstić information content (AvgIpc) is 3.02. The van der Waals surface area contributed by atoms with Crippen molar-refractivity contribution in [2.24, 2.45) is 0 Å². The van der Waals surface area contributed by atoms with E-state index in [4.69, 9.17) is 13.9 Å². The Labute approximate surface area is 163 Å². The van der Waals surface area contributed by atoms with Gasteiger partial charge >= 0.3 is 5.97 Å².